The molecule has 0 spiro atoms. The first-order valence-corrected chi connectivity index (χ1v) is 12.5. The fourth-order valence-corrected chi connectivity index (χ4v) is 4.75. The molecule has 1 saturated heterocycles. The van der Waals surface area contributed by atoms with Gasteiger partial charge in [-0.05, 0) is 41.8 Å². The lowest BCUT2D eigenvalue weighted by atomic mass is 10.1. The molecular weight excluding hydrogens is 498 g/mol. The maximum absolute atomic E-state index is 13.0. The average molecular weight is 520 g/mol. The van der Waals surface area contributed by atoms with Crippen LogP contribution in [-0.4, -0.2) is 48.1 Å². The van der Waals surface area contributed by atoms with Crippen molar-refractivity contribution in [3.05, 3.63) is 88.7 Å². The predicted molar refractivity (Wildman–Crippen MR) is 142 cm³/mol. The lowest BCUT2D eigenvalue weighted by molar-refractivity contribution is 0.101. The number of carbonyl (C=O) groups excluding carboxylic acids is 2. The summed E-state index contributed by atoms with van der Waals surface area (Å²) in [4.78, 5) is 37.6. The van der Waals surface area contributed by atoms with E-state index in [9.17, 15) is 9.59 Å². The maximum Gasteiger partial charge on any atom is 0.257 e. The van der Waals surface area contributed by atoms with E-state index in [4.69, 9.17) is 16.3 Å². The Morgan fingerprint density at radius 3 is 2.56 bits per heavy atom. The highest BCUT2D eigenvalue weighted by Crippen LogP contribution is 2.26. The van der Waals surface area contributed by atoms with Gasteiger partial charge in [0.05, 0.1) is 18.8 Å². The topological polar surface area (TPSA) is 96.5 Å². The molecule has 3 aromatic heterocycles. The lowest BCUT2D eigenvalue weighted by Gasteiger charge is -2.28. The number of carbonyl (C=O) groups is 2. The number of halogens is 1. The summed E-state index contributed by atoms with van der Waals surface area (Å²) in [6.45, 7) is 2.77. The van der Waals surface area contributed by atoms with Crippen LogP contribution < -0.4 is 15.5 Å². The van der Waals surface area contributed by atoms with E-state index in [2.05, 4.69) is 25.5 Å². The molecule has 0 atom stereocenters. The lowest BCUT2D eigenvalue weighted by Crippen LogP contribution is -2.36. The molecule has 10 heteroatoms. The molecule has 2 N–H and O–H groups in total. The highest BCUT2D eigenvalue weighted by molar-refractivity contribution is 7.13. The van der Waals surface area contributed by atoms with E-state index >= 15 is 0 Å². The SMILES string of the molecule is O=C(Nc1ccnc(N2CCOCC2)c1)c1cc(Cl)cc(NC(=O)c2cncc(-c3cccs3)c2)c1. The van der Waals surface area contributed by atoms with Gasteiger partial charge in [0.2, 0.25) is 0 Å². The average Bonchev–Trinajstić information content (AvgIpc) is 3.44. The van der Waals surface area contributed by atoms with Crippen molar-refractivity contribution in [2.45, 2.75) is 0 Å². The van der Waals surface area contributed by atoms with Gasteiger partial charge in [-0.1, -0.05) is 17.7 Å². The number of thiophene rings is 1. The van der Waals surface area contributed by atoms with Crippen molar-refractivity contribution >= 4 is 51.9 Å². The normalized spacial score (nSPS) is 13.3. The van der Waals surface area contributed by atoms with Crippen molar-refractivity contribution in [1.82, 2.24) is 9.97 Å². The summed E-state index contributed by atoms with van der Waals surface area (Å²) in [5.74, 6) is 0.0702. The zero-order valence-electron chi connectivity index (χ0n) is 19.1. The Hall–Kier alpha value is -3.79. The summed E-state index contributed by atoms with van der Waals surface area (Å²) in [5.41, 5.74) is 2.59. The first-order chi connectivity index (χ1) is 17.5. The van der Waals surface area contributed by atoms with E-state index in [0.29, 0.717) is 40.7 Å². The van der Waals surface area contributed by atoms with Crippen LogP contribution in [0.25, 0.3) is 10.4 Å². The zero-order valence-corrected chi connectivity index (χ0v) is 20.7. The van der Waals surface area contributed by atoms with Crippen molar-refractivity contribution in [3.8, 4) is 10.4 Å². The van der Waals surface area contributed by atoms with Gasteiger partial charge in [0.1, 0.15) is 5.82 Å². The van der Waals surface area contributed by atoms with Gasteiger partial charge in [-0.25, -0.2) is 4.98 Å². The van der Waals surface area contributed by atoms with Gasteiger partial charge in [-0.2, -0.15) is 0 Å². The number of hydrogen-bond acceptors (Lipinski definition) is 7. The number of nitrogens with zero attached hydrogens (tertiary/aromatic N) is 3. The summed E-state index contributed by atoms with van der Waals surface area (Å²) < 4.78 is 5.39. The number of nitrogens with one attached hydrogen (secondary N) is 2. The number of aromatic nitrogens is 2. The Morgan fingerprint density at radius 2 is 1.75 bits per heavy atom. The second-order valence-electron chi connectivity index (χ2n) is 8.08. The second kappa shape index (κ2) is 10.9. The van der Waals surface area contributed by atoms with Crippen molar-refractivity contribution < 1.29 is 14.3 Å². The summed E-state index contributed by atoms with van der Waals surface area (Å²) >= 11 is 7.85. The number of benzene rings is 1. The fourth-order valence-electron chi connectivity index (χ4n) is 3.80. The molecule has 0 unspecified atom stereocenters. The van der Waals surface area contributed by atoms with Gasteiger partial charge in [0.25, 0.3) is 11.8 Å². The molecule has 1 aliphatic heterocycles. The quantitative estimate of drug-likeness (QED) is 0.363. The summed E-state index contributed by atoms with van der Waals surface area (Å²) in [6, 6.07) is 14.0. The largest absolute Gasteiger partial charge is 0.378 e. The predicted octanol–water partition coefficient (Wildman–Crippen LogP) is 5.20. The number of rotatable bonds is 6. The van der Waals surface area contributed by atoms with Crippen LogP contribution in [0.1, 0.15) is 20.7 Å². The van der Waals surface area contributed by atoms with Crippen LogP contribution in [-0.2, 0) is 4.74 Å². The molecule has 4 heterocycles. The minimum Gasteiger partial charge on any atom is -0.378 e. The number of pyridine rings is 2. The van der Waals surface area contributed by atoms with E-state index in [1.54, 1.807) is 54.1 Å². The van der Waals surface area contributed by atoms with Crippen molar-refractivity contribution in [1.29, 1.82) is 0 Å². The highest BCUT2D eigenvalue weighted by Gasteiger charge is 2.15. The van der Waals surface area contributed by atoms with Crippen LogP contribution in [0.3, 0.4) is 0 Å². The molecule has 1 fully saturated rings. The standard InChI is InChI=1S/C26H22ClN5O3S/c27-20-11-17(25(33)30-21-3-4-29-24(14-21)32-5-7-35-8-6-32)12-22(13-20)31-26(34)19-10-18(15-28-16-19)23-2-1-9-36-23/h1-4,9-16H,5-8H2,(H,31,34)(H,29,30,33). The van der Waals surface area contributed by atoms with Crippen LogP contribution in [0.5, 0.6) is 0 Å². The third-order valence-corrected chi connectivity index (χ3v) is 6.70. The number of anilines is 3. The first-order valence-electron chi connectivity index (χ1n) is 11.3. The minimum absolute atomic E-state index is 0.313. The summed E-state index contributed by atoms with van der Waals surface area (Å²) in [6.07, 6.45) is 4.87. The second-order valence-corrected chi connectivity index (χ2v) is 9.46. The van der Waals surface area contributed by atoms with E-state index in [-0.39, 0.29) is 11.8 Å². The maximum atomic E-state index is 13.0. The summed E-state index contributed by atoms with van der Waals surface area (Å²) in [5, 5.41) is 7.99. The molecule has 36 heavy (non-hydrogen) atoms. The minimum atomic E-state index is -0.353. The molecule has 2 amide bonds. The Bertz CT molecular complexity index is 1390. The van der Waals surface area contributed by atoms with Crippen molar-refractivity contribution in [3.63, 3.8) is 0 Å². The first kappa shape index (κ1) is 23.9. The number of morpholine rings is 1. The van der Waals surface area contributed by atoms with Crippen LogP contribution in [0.2, 0.25) is 5.02 Å². The van der Waals surface area contributed by atoms with Gasteiger partial charge in [-0.3, -0.25) is 14.6 Å². The molecule has 182 valence electrons. The summed E-state index contributed by atoms with van der Waals surface area (Å²) in [7, 11) is 0. The molecule has 1 aromatic carbocycles. The van der Waals surface area contributed by atoms with Crippen LogP contribution in [0.15, 0.2) is 72.5 Å². The molecular formula is C26H22ClN5O3S. The van der Waals surface area contributed by atoms with Gasteiger partial charge < -0.3 is 20.3 Å². The van der Waals surface area contributed by atoms with Gasteiger partial charge >= 0.3 is 0 Å². The number of ether oxygens (including phenoxy) is 1. The highest BCUT2D eigenvalue weighted by atomic mass is 35.5. The van der Waals surface area contributed by atoms with E-state index in [1.807, 2.05) is 23.6 Å². The molecule has 0 bridgehead atoms. The van der Waals surface area contributed by atoms with Crippen molar-refractivity contribution in [2.24, 2.45) is 0 Å². The monoisotopic (exact) mass is 519 g/mol. The third-order valence-electron chi connectivity index (χ3n) is 5.56. The Morgan fingerprint density at radius 1 is 0.944 bits per heavy atom. The van der Waals surface area contributed by atoms with E-state index < -0.39 is 0 Å². The fraction of sp³-hybridized carbons (Fsp3) is 0.154. The van der Waals surface area contributed by atoms with Gasteiger partial charge in [0.15, 0.2) is 0 Å². The zero-order chi connectivity index (χ0) is 24.9. The molecule has 4 aromatic rings. The van der Waals surface area contributed by atoms with Crippen LogP contribution in [0, 0.1) is 0 Å². The van der Waals surface area contributed by atoms with Gasteiger partial charge in [-0.15, -0.1) is 11.3 Å². The van der Waals surface area contributed by atoms with Crippen molar-refractivity contribution in [2.75, 3.05) is 41.8 Å². The number of amides is 2. The smallest absolute Gasteiger partial charge is 0.257 e. The Kier molecular flexibility index (Phi) is 7.22. The van der Waals surface area contributed by atoms with E-state index in [1.165, 1.54) is 6.20 Å². The van der Waals surface area contributed by atoms with Crippen LogP contribution in [0.4, 0.5) is 17.2 Å². The number of hydrogen-bond donors (Lipinski definition) is 2. The Labute approximate surface area is 216 Å². The van der Waals surface area contributed by atoms with E-state index in [0.717, 1.165) is 29.3 Å². The molecule has 0 radical (unpaired) electrons. The molecule has 0 aliphatic carbocycles. The Balaban J connectivity index is 1.30. The third kappa shape index (κ3) is 5.71. The molecule has 8 nitrogen and oxygen atoms in total. The molecule has 0 saturated carbocycles. The molecule has 1 aliphatic rings. The van der Waals surface area contributed by atoms with Gasteiger partial charge in [0, 0.05) is 70.1 Å². The molecule has 5 rings (SSSR count). The van der Waals surface area contributed by atoms with Crippen LogP contribution >= 0.6 is 22.9 Å².